The molecule has 0 aromatic rings. The zero-order chi connectivity index (χ0) is 69.6. The molecule has 0 aliphatic carbocycles. The Morgan fingerprint density at radius 2 is 0.688 bits per heavy atom. The summed E-state index contributed by atoms with van der Waals surface area (Å²) in [4.78, 5) is 94.4. The van der Waals surface area contributed by atoms with Crippen LogP contribution in [-0.4, -0.2) is 76.0 Å². The number of carboxylic acid groups (broad SMARTS) is 1. The van der Waals surface area contributed by atoms with Gasteiger partial charge >= 0.3 is 5.97 Å². The van der Waals surface area contributed by atoms with Crippen LogP contribution in [-0.2, 0) is 52.6 Å². The van der Waals surface area contributed by atoms with Crippen molar-refractivity contribution in [2.45, 2.75) is 345 Å². The van der Waals surface area contributed by atoms with Gasteiger partial charge in [-0.3, -0.25) is 54.3 Å². The lowest BCUT2D eigenvalue weighted by molar-refractivity contribution is -0.142. The first kappa shape index (κ1) is 86.8. The molecule has 3 aliphatic heterocycles. The molecule has 528 valence electrons. The fraction of sp³-hybridized carbons (Fsp3) is 0.701. The number of amides is 3. The number of carbonyl (C=O) groups excluding carboxylic acids is 7. The van der Waals surface area contributed by atoms with E-state index >= 15 is 0 Å². The third-order valence-electron chi connectivity index (χ3n) is 16.1. The molecule has 0 aromatic heterocycles. The number of ketones is 4. The summed E-state index contributed by atoms with van der Waals surface area (Å²) >= 11 is 0. The van der Waals surface area contributed by atoms with Crippen molar-refractivity contribution < 1.29 is 57.7 Å². The summed E-state index contributed by atoms with van der Waals surface area (Å²) in [5.41, 5.74) is 4.53. The van der Waals surface area contributed by atoms with Gasteiger partial charge in [-0.1, -0.05) is 213 Å². The molecular formula is C77H128N4O12. The first-order chi connectivity index (χ1) is 44.6. The molecule has 0 radical (unpaired) electrons. The van der Waals surface area contributed by atoms with E-state index in [-0.39, 0.29) is 71.2 Å². The average Bonchev–Trinajstić information content (AvgIpc) is 1.84. The fourth-order valence-electron chi connectivity index (χ4n) is 10.5. The molecule has 3 rings (SSSR count). The number of hydrogen-bond donors (Lipinski definition) is 5. The molecule has 0 bridgehead atoms. The van der Waals surface area contributed by atoms with Gasteiger partial charge in [-0.05, 0) is 155 Å². The summed E-state index contributed by atoms with van der Waals surface area (Å²) in [5, 5.41) is 25.0. The van der Waals surface area contributed by atoms with Gasteiger partial charge in [0.1, 0.15) is 0 Å². The minimum atomic E-state index is -0.862. The van der Waals surface area contributed by atoms with Crippen LogP contribution in [0.25, 0.3) is 0 Å². The molecule has 0 spiro atoms. The Balaban J connectivity index is 0.00000121. The van der Waals surface area contributed by atoms with Crippen LogP contribution in [0.5, 0.6) is 0 Å². The van der Waals surface area contributed by atoms with Gasteiger partial charge in [-0.25, -0.2) is 0 Å². The van der Waals surface area contributed by atoms with Crippen LogP contribution in [0.4, 0.5) is 0 Å². The third-order valence-corrected chi connectivity index (χ3v) is 16.1. The van der Waals surface area contributed by atoms with Gasteiger partial charge in [-0.15, -0.1) is 0 Å². The number of aliphatic carboxylic acids is 1. The van der Waals surface area contributed by atoms with Gasteiger partial charge in [0.2, 0.25) is 0 Å². The summed E-state index contributed by atoms with van der Waals surface area (Å²) in [5.74, 6) is -1.41. The average molecular weight is 1300 g/mol. The second kappa shape index (κ2) is 56.2. The highest BCUT2D eigenvalue weighted by Crippen LogP contribution is 2.22. The van der Waals surface area contributed by atoms with E-state index in [1.807, 2.05) is 34.6 Å². The molecule has 3 aliphatic rings. The van der Waals surface area contributed by atoms with Crippen LogP contribution in [0.15, 0.2) is 82.5 Å². The first-order valence-corrected chi connectivity index (χ1v) is 36.3. The molecule has 3 amide bonds. The molecule has 16 heteroatoms. The van der Waals surface area contributed by atoms with Crippen LogP contribution in [0.3, 0.4) is 0 Å². The number of hydrogen-bond acceptors (Lipinski definition) is 12. The number of rotatable bonds is 48. The topological polar surface area (TPSA) is 244 Å². The Kier molecular flexibility index (Phi) is 52.4. The van der Waals surface area contributed by atoms with Gasteiger partial charge in [0.15, 0.2) is 59.1 Å². The summed E-state index contributed by atoms with van der Waals surface area (Å²) in [6.45, 7) is 25.0. The van der Waals surface area contributed by atoms with E-state index in [0.29, 0.717) is 31.6 Å². The van der Waals surface area contributed by atoms with Crippen LogP contribution < -0.4 is 16.0 Å². The van der Waals surface area contributed by atoms with Gasteiger partial charge in [0.25, 0.3) is 17.7 Å². The molecule has 4 unspecified atom stereocenters. The predicted octanol–water partition coefficient (Wildman–Crippen LogP) is 18.8. The standard InChI is InChI=1S/C20H33NO3.C20H35NO3.C19H31NO3.C18H29NO3/c1-4-6-8-9-11-12-16(3)14-17(22)15-19-21-20(23)18(24-19)13-10-7-5-2;1-4-6-8-9-10-11-16(3)13-19(22)15-18(21)14-17(20(23)24)12-7-5-2;1-4-6-8-9-10-11-15(3)13-16(21)14-18-20-19(22)17(23-18)12-7-5-2;1-4-6-8-9-10-14(3)12-15(20)13-17-19-18(21)16(22-17)11-7-5-2/h14-15,18H,4-13H2,1-3H3,(H,21,23);13,17,21H,4-12,14-15H2,1-3H3,(H,23,24);13-14,17H,4-12H2,1-3H3,(H,20,22);12-13,16H,4-11H2,1-3H3,(H,19,21)/b16-14+,19-15+;16-13+,21-18?;15-13+,18-14+;14-12+,17-13+. The number of nitrogens with one attached hydrogen (secondary N) is 4. The van der Waals surface area contributed by atoms with Crippen molar-refractivity contribution in [3.05, 3.63) is 82.5 Å². The number of carboxylic acids is 1. The molecule has 3 fully saturated rings. The Labute approximate surface area is 562 Å². The lowest BCUT2D eigenvalue weighted by Crippen LogP contribution is -2.22. The second-order valence-corrected chi connectivity index (χ2v) is 25.7. The lowest BCUT2D eigenvalue weighted by Gasteiger charge is -2.12. The van der Waals surface area contributed by atoms with Crippen molar-refractivity contribution >= 4 is 52.5 Å². The third kappa shape index (κ3) is 46.5. The molecule has 3 saturated heterocycles. The quantitative estimate of drug-likeness (QED) is 0.0217. The molecule has 5 N–H and O–H groups in total. The van der Waals surface area contributed by atoms with E-state index in [2.05, 4.69) is 64.4 Å². The first-order valence-electron chi connectivity index (χ1n) is 36.3. The maximum atomic E-state index is 12.0. The Morgan fingerprint density at radius 1 is 0.409 bits per heavy atom. The number of allylic oxidation sites excluding steroid dienone is 11. The number of carbonyl (C=O) groups is 8. The van der Waals surface area contributed by atoms with Crippen LogP contribution in [0.2, 0.25) is 0 Å². The second-order valence-electron chi connectivity index (χ2n) is 25.7. The van der Waals surface area contributed by atoms with Gasteiger partial charge in [0.05, 0.1) is 5.92 Å². The molecular weight excluding hydrogens is 1170 g/mol. The normalized spacial score (nSPS) is 18.0. The summed E-state index contributed by atoms with van der Waals surface area (Å²) in [7, 11) is 0. The SMILES string of the molecule is CCCCCC/C(C)=C/C(=O)/C=C1\NC(=O)C(CCCC)O1.CCCCCCC/C(C)=C/C(=O)/C=C1\NC(=O)C(CCCC)O1.CCCCCCC/C(C)=C/C(=O)/C=C1\NC(=O)C(CCCCC)O1.CCCCCCC/C(C)=C/C(=O)CC(=N)CC(CCCC)C(=O)O. The maximum absolute atomic E-state index is 12.0. The highest BCUT2D eigenvalue weighted by atomic mass is 16.5. The molecule has 93 heavy (non-hydrogen) atoms. The highest BCUT2D eigenvalue weighted by molar-refractivity contribution is 6.06. The van der Waals surface area contributed by atoms with E-state index in [1.54, 1.807) is 24.3 Å². The molecule has 4 atom stereocenters. The zero-order valence-corrected chi connectivity index (χ0v) is 60.2. The van der Waals surface area contributed by atoms with Crippen molar-refractivity contribution in [2.75, 3.05) is 0 Å². The molecule has 16 nitrogen and oxygen atoms in total. The molecule has 0 aromatic carbocycles. The van der Waals surface area contributed by atoms with E-state index < -0.39 is 30.2 Å². The van der Waals surface area contributed by atoms with Crippen molar-refractivity contribution in [2.24, 2.45) is 5.92 Å². The van der Waals surface area contributed by atoms with E-state index in [4.69, 9.17) is 19.6 Å². The lowest BCUT2D eigenvalue weighted by atomic mass is 9.94. The maximum Gasteiger partial charge on any atom is 0.306 e. The van der Waals surface area contributed by atoms with Crippen molar-refractivity contribution in [3.8, 4) is 0 Å². The van der Waals surface area contributed by atoms with Crippen LogP contribution in [0.1, 0.15) is 327 Å². The highest BCUT2D eigenvalue weighted by Gasteiger charge is 2.31. The van der Waals surface area contributed by atoms with Crippen molar-refractivity contribution in [1.29, 1.82) is 5.41 Å². The van der Waals surface area contributed by atoms with Gasteiger partial charge in [0, 0.05) is 30.4 Å². The van der Waals surface area contributed by atoms with Crippen molar-refractivity contribution in [3.63, 3.8) is 0 Å². The Morgan fingerprint density at radius 3 is 1.00 bits per heavy atom. The summed E-state index contributed by atoms with van der Waals surface area (Å²) in [6, 6.07) is 0. The Bertz CT molecular complexity index is 2450. The van der Waals surface area contributed by atoms with Crippen molar-refractivity contribution in [1.82, 2.24) is 16.0 Å². The number of unbranched alkanes of at least 4 members (excludes halogenated alkanes) is 20. The van der Waals surface area contributed by atoms with Crippen LogP contribution >= 0.6 is 0 Å². The minimum Gasteiger partial charge on any atom is -0.481 e. The number of ether oxygens (including phenoxy) is 3. The monoisotopic (exact) mass is 1300 g/mol. The summed E-state index contributed by atoms with van der Waals surface area (Å²) < 4.78 is 16.5. The largest absolute Gasteiger partial charge is 0.481 e. The fourth-order valence-corrected chi connectivity index (χ4v) is 10.5. The zero-order valence-electron chi connectivity index (χ0n) is 60.2. The molecule has 3 heterocycles. The predicted molar refractivity (Wildman–Crippen MR) is 378 cm³/mol. The Hall–Kier alpha value is -6.19. The summed E-state index contributed by atoms with van der Waals surface area (Å²) in [6.07, 6.45) is 48.0. The smallest absolute Gasteiger partial charge is 0.306 e. The molecule has 0 saturated carbocycles. The van der Waals surface area contributed by atoms with Gasteiger partial charge in [-0.2, -0.15) is 0 Å². The van der Waals surface area contributed by atoms with E-state index in [1.165, 1.54) is 115 Å². The van der Waals surface area contributed by atoms with E-state index in [0.717, 1.165) is 131 Å². The van der Waals surface area contributed by atoms with E-state index in [9.17, 15) is 43.5 Å². The van der Waals surface area contributed by atoms with Crippen LogP contribution in [0, 0.1) is 11.3 Å². The minimum absolute atomic E-state index is 0.0447. The van der Waals surface area contributed by atoms with Gasteiger partial charge < -0.3 is 24.7 Å².